The fraction of sp³-hybridized carbons (Fsp3) is 0.238. The molecule has 0 aromatic heterocycles. The SMILES string of the molecule is CC1(C)c2ccccc2-c2ccc3c(c21)C1C=CC=CC1N3. The van der Waals surface area contributed by atoms with Gasteiger partial charge in [-0.05, 0) is 33.9 Å². The summed E-state index contributed by atoms with van der Waals surface area (Å²) in [6, 6.07) is 13.9. The van der Waals surface area contributed by atoms with Crippen LogP contribution in [-0.4, -0.2) is 6.04 Å². The Kier molecular flexibility index (Phi) is 2.19. The lowest BCUT2D eigenvalue weighted by molar-refractivity contribution is 0.645. The zero-order chi connectivity index (χ0) is 14.9. The van der Waals surface area contributed by atoms with Crippen LogP contribution in [0.3, 0.4) is 0 Å². The molecule has 2 atom stereocenters. The molecule has 0 amide bonds. The van der Waals surface area contributed by atoms with Crippen molar-refractivity contribution < 1.29 is 0 Å². The van der Waals surface area contributed by atoms with E-state index in [1.807, 2.05) is 0 Å². The largest absolute Gasteiger partial charge is 0.378 e. The van der Waals surface area contributed by atoms with Gasteiger partial charge in [-0.25, -0.2) is 0 Å². The lowest BCUT2D eigenvalue weighted by Crippen LogP contribution is -2.21. The van der Waals surface area contributed by atoms with E-state index in [9.17, 15) is 0 Å². The molecule has 3 aliphatic rings. The van der Waals surface area contributed by atoms with E-state index in [1.165, 1.54) is 33.5 Å². The average molecular weight is 285 g/mol. The van der Waals surface area contributed by atoms with Gasteiger partial charge in [0.15, 0.2) is 0 Å². The van der Waals surface area contributed by atoms with Gasteiger partial charge in [-0.3, -0.25) is 0 Å². The van der Waals surface area contributed by atoms with Gasteiger partial charge in [-0.2, -0.15) is 0 Å². The first-order valence-corrected chi connectivity index (χ1v) is 8.07. The summed E-state index contributed by atoms with van der Waals surface area (Å²) >= 11 is 0. The lowest BCUT2D eigenvalue weighted by atomic mass is 9.76. The number of benzene rings is 2. The molecule has 1 heterocycles. The topological polar surface area (TPSA) is 12.0 Å². The van der Waals surface area contributed by atoms with Crippen LogP contribution in [0.25, 0.3) is 11.1 Å². The van der Waals surface area contributed by atoms with Crippen molar-refractivity contribution in [3.8, 4) is 11.1 Å². The number of hydrogen-bond acceptors (Lipinski definition) is 1. The van der Waals surface area contributed by atoms with Crippen molar-refractivity contribution in [2.24, 2.45) is 0 Å². The summed E-state index contributed by atoms with van der Waals surface area (Å²) in [5.41, 5.74) is 8.69. The highest BCUT2D eigenvalue weighted by molar-refractivity contribution is 5.86. The van der Waals surface area contributed by atoms with Crippen molar-refractivity contribution >= 4 is 5.69 Å². The molecule has 1 aliphatic heterocycles. The van der Waals surface area contributed by atoms with Crippen LogP contribution in [0.15, 0.2) is 60.7 Å². The highest BCUT2D eigenvalue weighted by Gasteiger charge is 2.42. The minimum atomic E-state index is 0.0723. The summed E-state index contributed by atoms with van der Waals surface area (Å²) in [5, 5.41) is 3.69. The van der Waals surface area contributed by atoms with E-state index in [0.717, 1.165) is 0 Å². The molecule has 2 aliphatic carbocycles. The Bertz CT molecular complexity index is 854. The lowest BCUT2D eigenvalue weighted by Gasteiger charge is -2.26. The van der Waals surface area contributed by atoms with E-state index in [1.54, 1.807) is 0 Å². The second-order valence-corrected chi connectivity index (χ2v) is 7.09. The maximum absolute atomic E-state index is 3.69. The Labute approximate surface area is 131 Å². The third-order valence-corrected chi connectivity index (χ3v) is 5.55. The van der Waals surface area contributed by atoms with Gasteiger partial charge in [0, 0.05) is 17.0 Å². The van der Waals surface area contributed by atoms with E-state index < -0.39 is 0 Å². The summed E-state index contributed by atoms with van der Waals surface area (Å²) in [7, 11) is 0. The third kappa shape index (κ3) is 1.34. The summed E-state index contributed by atoms with van der Waals surface area (Å²) in [5.74, 6) is 0.462. The Balaban J connectivity index is 1.83. The zero-order valence-electron chi connectivity index (χ0n) is 12.9. The van der Waals surface area contributed by atoms with E-state index >= 15 is 0 Å². The number of anilines is 1. The van der Waals surface area contributed by atoms with Gasteiger partial charge in [-0.1, -0.05) is 68.5 Å². The van der Waals surface area contributed by atoms with Crippen molar-refractivity contribution in [1.82, 2.24) is 0 Å². The molecule has 0 bridgehead atoms. The van der Waals surface area contributed by atoms with Crippen LogP contribution in [0.4, 0.5) is 5.69 Å². The highest BCUT2D eigenvalue weighted by atomic mass is 15.0. The molecule has 5 rings (SSSR count). The number of hydrogen-bond donors (Lipinski definition) is 1. The van der Waals surface area contributed by atoms with Gasteiger partial charge >= 0.3 is 0 Å². The fourth-order valence-corrected chi connectivity index (χ4v) is 4.59. The van der Waals surface area contributed by atoms with Gasteiger partial charge in [-0.15, -0.1) is 0 Å². The average Bonchev–Trinajstić information content (AvgIpc) is 3.02. The van der Waals surface area contributed by atoms with Crippen LogP contribution in [0.5, 0.6) is 0 Å². The smallest absolute Gasteiger partial charge is 0.0551 e. The summed E-state index contributed by atoms with van der Waals surface area (Å²) < 4.78 is 0. The van der Waals surface area contributed by atoms with Gasteiger partial charge in [0.05, 0.1) is 6.04 Å². The monoisotopic (exact) mass is 285 g/mol. The molecule has 1 nitrogen and oxygen atoms in total. The molecular formula is C21H19N. The standard InChI is InChI=1S/C21H19N/c1-21(2)16-9-5-3-7-13(16)14-11-12-18-19(20(14)21)15-8-4-6-10-17(15)22-18/h3-12,15,17,22H,1-2H3. The first-order valence-electron chi connectivity index (χ1n) is 8.07. The molecule has 2 unspecified atom stereocenters. The van der Waals surface area contributed by atoms with Crippen LogP contribution < -0.4 is 5.32 Å². The molecule has 108 valence electrons. The molecule has 22 heavy (non-hydrogen) atoms. The quantitative estimate of drug-likeness (QED) is 0.718. The van der Waals surface area contributed by atoms with Gasteiger partial charge in [0.2, 0.25) is 0 Å². The molecule has 0 fully saturated rings. The second kappa shape index (κ2) is 3.92. The molecule has 0 saturated heterocycles. The molecule has 0 spiro atoms. The number of rotatable bonds is 0. The molecule has 0 saturated carbocycles. The fourth-order valence-electron chi connectivity index (χ4n) is 4.59. The van der Waals surface area contributed by atoms with Crippen LogP contribution in [0, 0.1) is 0 Å². The van der Waals surface area contributed by atoms with E-state index in [-0.39, 0.29) is 5.41 Å². The predicted molar refractivity (Wildman–Crippen MR) is 92.4 cm³/mol. The van der Waals surface area contributed by atoms with Crippen molar-refractivity contribution in [3.05, 3.63) is 77.4 Å². The Morgan fingerprint density at radius 1 is 0.909 bits per heavy atom. The predicted octanol–water partition coefficient (Wildman–Crippen LogP) is 5.00. The van der Waals surface area contributed by atoms with E-state index in [4.69, 9.17) is 0 Å². The first-order chi connectivity index (χ1) is 10.7. The van der Waals surface area contributed by atoms with E-state index in [0.29, 0.717) is 12.0 Å². The molecule has 2 aromatic carbocycles. The highest BCUT2D eigenvalue weighted by Crippen LogP contribution is 2.55. The van der Waals surface area contributed by atoms with Crippen molar-refractivity contribution in [2.75, 3.05) is 5.32 Å². The summed E-state index contributed by atoms with van der Waals surface area (Å²) in [6.07, 6.45) is 8.97. The second-order valence-electron chi connectivity index (χ2n) is 7.09. The number of fused-ring (bicyclic) bond motifs is 7. The van der Waals surface area contributed by atoms with Crippen molar-refractivity contribution in [1.29, 1.82) is 0 Å². The van der Waals surface area contributed by atoms with Crippen LogP contribution >= 0.6 is 0 Å². The van der Waals surface area contributed by atoms with Gasteiger partial charge in [0.1, 0.15) is 0 Å². The first kappa shape index (κ1) is 12.3. The Hall–Kier alpha value is -2.28. The molecule has 0 radical (unpaired) electrons. The zero-order valence-corrected chi connectivity index (χ0v) is 12.9. The van der Waals surface area contributed by atoms with Crippen LogP contribution in [0.1, 0.15) is 36.5 Å². The Morgan fingerprint density at radius 2 is 1.73 bits per heavy atom. The van der Waals surface area contributed by atoms with Crippen molar-refractivity contribution in [3.63, 3.8) is 0 Å². The maximum Gasteiger partial charge on any atom is 0.0551 e. The Morgan fingerprint density at radius 3 is 2.64 bits per heavy atom. The van der Waals surface area contributed by atoms with Crippen LogP contribution in [-0.2, 0) is 5.41 Å². The summed E-state index contributed by atoms with van der Waals surface area (Å²) in [6.45, 7) is 4.74. The minimum Gasteiger partial charge on any atom is -0.378 e. The molecule has 2 aromatic rings. The van der Waals surface area contributed by atoms with Crippen molar-refractivity contribution in [2.45, 2.75) is 31.2 Å². The third-order valence-electron chi connectivity index (χ3n) is 5.55. The summed E-state index contributed by atoms with van der Waals surface area (Å²) in [4.78, 5) is 0. The molecular weight excluding hydrogens is 266 g/mol. The molecule has 1 heteroatoms. The van der Waals surface area contributed by atoms with Crippen LogP contribution in [0.2, 0.25) is 0 Å². The number of allylic oxidation sites excluding steroid dienone is 2. The number of nitrogens with one attached hydrogen (secondary N) is 1. The minimum absolute atomic E-state index is 0.0723. The normalized spacial score (nSPS) is 25.2. The maximum atomic E-state index is 3.69. The van der Waals surface area contributed by atoms with E-state index in [2.05, 4.69) is 79.9 Å². The van der Waals surface area contributed by atoms with Gasteiger partial charge < -0.3 is 5.32 Å². The van der Waals surface area contributed by atoms with Gasteiger partial charge in [0.25, 0.3) is 0 Å². The molecule has 1 N–H and O–H groups in total.